The summed E-state index contributed by atoms with van der Waals surface area (Å²) in [6, 6.07) is 19.0. The third kappa shape index (κ3) is 2.87. The van der Waals surface area contributed by atoms with Gasteiger partial charge in [-0.15, -0.1) is 0 Å². The average molecular weight is 250 g/mol. The van der Waals surface area contributed by atoms with Crippen LogP contribution in [0.15, 0.2) is 60.7 Å². The summed E-state index contributed by atoms with van der Waals surface area (Å²) in [5.41, 5.74) is 2.70. The topological polar surface area (TPSA) is 9.23 Å². The first-order valence-electron chi connectivity index (χ1n) is 6.74. The van der Waals surface area contributed by atoms with E-state index in [1.54, 1.807) is 7.11 Å². The quantitative estimate of drug-likeness (QED) is 0.775. The van der Waals surface area contributed by atoms with E-state index in [-0.39, 0.29) is 0 Å². The van der Waals surface area contributed by atoms with Crippen molar-refractivity contribution in [3.05, 3.63) is 71.8 Å². The molecule has 1 fully saturated rings. The van der Waals surface area contributed by atoms with Crippen LogP contribution in [0.2, 0.25) is 0 Å². The molecule has 1 aliphatic rings. The summed E-state index contributed by atoms with van der Waals surface area (Å²) >= 11 is 0. The normalized spacial score (nSPS) is 21.5. The van der Waals surface area contributed by atoms with Crippen molar-refractivity contribution >= 4 is 6.08 Å². The first-order valence-corrected chi connectivity index (χ1v) is 6.74. The number of hydrogen-bond acceptors (Lipinski definition) is 1. The summed E-state index contributed by atoms with van der Waals surface area (Å²) in [7, 11) is 1.69. The highest BCUT2D eigenvalue weighted by atomic mass is 16.5. The fourth-order valence-electron chi connectivity index (χ4n) is 2.46. The molecule has 1 nitrogen and oxygen atoms in total. The van der Waals surface area contributed by atoms with Crippen LogP contribution < -0.4 is 4.74 Å². The SMILES string of the molecule is COc1ccc(/C=C/C2C[C@@H]2c2ccccc2)cc1. The van der Waals surface area contributed by atoms with Crippen LogP contribution in [0.3, 0.4) is 0 Å². The zero-order chi connectivity index (χ0) is 13.1. The number of ether oxygens (including phenoxy) is 1. The molecule has 0 aromatic heterocycles. The molecule has 0 bridgehead atoms. The Balaban J connectivity index is 1.62. The van der Waals surface area contributed by atoms with E-state index in [9.17, 15) is 0 Å². The molecule has 0 radical (unpaired) electrons. The van der Waals surface area contributed by atoms with Crippen molar-refractivity contribution < 1.29 is 4.74 Å². The van der Waals surface area contributed by atoms with Gasteiger partial charge in [-0.05, 0) is 41.5 Å². The van der Waals surface area contributed by atoms with Gasteiger partial charge in [-0.3, -0.25) is 0 Å². The summed E-state index contributed by atoms with van der Waals surface area (Å²) in [5, 5.41) is 0. The van der Waals surface area contributed by atoms with E-state index in [0.717, 1.165) is 11.7 Å². The van der Waals surface area contributed by atoms with E-state index in [1.165, 1.54) is 17.5 Å². The molecule has 0 N–H and O–H groups in total. The molecule has 1 saturated carbocycles. The number of allylic oxidation sites excluding steroid dienone is 1. The highest BCUT2D eigenvalue weighted by Gasteiger charge is 2.35. The van der Waals surface area contributed by atoms with Gasteiger partial charge < -0.3 is 4.74 Å². The molecule has 0 aliphatic heterocycles. The molecule has 0 amide bonds. The van der Waals surface area contributed by atoms with Gasteiger partial charge in [0.2, 0.25) is 0 Å². The second kappa shape index (κ2) is 5.31. The summed E-state index contributed by atoms with van der Waals surface area (Å²) in [6.07, 6.45) is 5.82. The molecule has 1 unspecified atom stereocenters. The molecule has 3 rings (SSSR count). The van der Waals surface area contributed by atoms with Gasteiger partial charge in [-0.1, -0.05) is 54.6 Å². The summed E-state index contributed by atoms with van der Waals surface area (Å²) in [5.74, 6) is 2.32. The molecule has 96 valence electrons. The summed E-state index contributed by atoms with van der Waals surface area (Å²) in [6.45, 7) is 0. The van der Waals surface area contributed by atoms with Crippen LogP contribution in [-0.4, -0.2) is 7.11 Å². The number of benzene rings is 2. The zero-order valence-corrected chi connectivity index (χ0v) is 11.1. The lowest BCUT2D eigenvalue weighted by molar-refractivity contribution is 0.415. The predicted molar refractivity (Wildman–Crippen MR) is 79.3 cm³/mol. The third-order valence-electron chi connectivity index (χ3n) is 3.72. The molecule has 2 aromatic carbocycles. The minimum Gasteiger partial charge on any atom is -0.497 e. The Labute approximate surface area is 114 Å². The van der Waals surface area contributed by atoms with Crippen LogP contribution in [0.25, 0.3) is 6.08 Å². The second-order valence-corrected chi connectivity index (χ2v) is 5.05. The van der Waals surface area contributed by atoms with E-state index in [0.29, 0.717) is 5.92 Å². The van der Waals surface area contributed by atoms with E-state index >= 15 is 0 Å². The van der Waals surface area contributed by atoms with Gasteiger partial charge in [0, 0.05) is 0 Å². The lowest BCUT2D eigenvalue weighted by Gasteiger charge is -1.99. The van der Waals surface area contributed by atoms with Crippen molar-refractivity contribution in [2.75, 3.05) is 7.11 Å². The van der Waals surface area contributed by atoms with Crippen LogP contribution in [0.1, 0.15) is 23.5 Å². The van der Waals surface area contributed by atoms with E-state index in [2.05, 4.69) is 54.6 Å². The molecular weight excluding hydrogens is 232 g/mol. The van der Waals surface area contributed by atoms with E-state index in [4.69, 9.17) is 4.74 Å². The molecule has 1 aliphatic carbocycles. The molecule has 19 heavy (non-hydrogen) atoms. The minimum atomic E-state index is 0.699. The van der Waals surface area contributed by atoms with Crippen molar-refractivity contribution in [3.8, 4) is 5.75 Å². The maximum Gasteiger partial charge on any atom is 0.118 e. The van der Waals surface area contributed by atoms with Crippen LogP contribution in [-0.2, 0) is 0 Å². The van der Waals surface area contributed by atoms with Crippen molar-refractivity contribution in [2.24, 2.45) is 5.92 Å². The Hall–Kier alpha value is -2.02. The van der Waals surface area contributed by atoms with Crippen LogP contribution in [0.5, 0.6) is 5.75 Å². The highest BCUT2D eigenvalue weighted by Crippen LogP contribution is 2.48. The standard InChI is InChI=1S/C18H18O/c1-19-17-11-8-14(9-12-17)7-10-16-13-18(16)15-5-3-2-4-6-15/h2-12,16,18H,13H2,1H3/b10-7+/t16?,18-/m1/s1. The lowest BCUT2D eigenvalue weighted by atomic mass is 10.1. The van der Waals surface area contributed by atoms with E-state index in [1.807, 2.05) is 12.1 Å². The van der Waals surface area contributed by atoms with Gasteiger partial charge in [-0.2, -0.15) is 0 Å². The average Bonchev–Trinajstić information content (AvgIpc) is 3.26. The van der Waals surface area contributed by atoms with Gasteiger partial charge in [0.25, 0.3) is 0 Å². The van der Waals surface area contributed by atoms with Gasteiger partial charge in [-0.25, -0.2) is 0 Å². The first kappa shape index (κ1) is 12.0. The Kier molecular flexibility index (Phi) is 3.37. The molecule has 0 heterocycles. The molecule has 1 heteroatoms. The van der Waals surface area contributed by atoms with Crippen LogP contribution in [0, 0.1) is 5.92 Å². The smallest absolute Gasteiger partial charge is 0.118 e. The van der Waals surface area contributed by atoms with Crippen molar-refractivity contribution in [1.29, 1.82) is 0 Å². The van der Waals surface area contributed by atoms with Crippen molar-refractivity contribution in [2.45, 2.75) is 12.3 Å². The number of methoxy groups -OCH3 is 1. The number of hydrogen-bond donors (Lipinski definition) is 0. The summed E-state index contributed by atoms with van der Waals surface area (Å²) < 4.78 is 5.16. The monoisotopic (exact) mass is 250 g/mol. The van der Waals surface area contributed by atoms with Crippen LogP contribution >= 0.6 is 0 Å². The van der Waals surface area contributed by atoms with Gasteiger partial charge in [0.05, 0.1) is 7.11 Å². The maximum atomic E-state index is 5.16. The molecule has 2 atom stereocenters. The zero-order valence-electron chi connectivity index (χ0n) is 11.1. The van der Waals surface area contributed by atoms with Crippen molar-refractivity contribution in [1.82, 2.24) is 0 Å². The third-order valence-corrected chi connectivity index (χ3v) is 3.72. The minimum absolute atomic E-state index is 0.699. The predicted octanol–water partition coefficient (Wildman–Crippen LogP) is 4.51. The van der Waals surface area contributed by atoms with Crippen molar-refractivity contribution in [3.63, 3.8) is 0 Å². The summed E-state index contributed by atoms with van der Waals surface area (Å²) in [4.78, 5) is 0. The Bertz CT molecular complexity index is 554. The van der Waals surface area contributed by atoms with Gasteiger partial charge in [0.15, 0.2) is 0 Å². The molecule has 2 aromatic rings. The van der Waals surface area contributed by atoms with Crippen LogP contribution in [0.4, 0.5) is 0 Å². The Morgan fingerprint density at radius 3 is 2.42 bits per heavy atom. The van der Waals surface area contributed by atoms with Gasteiger partial charge in [0.1, 0.15) is 5.75 Å². The fourth-order valence-corrected chi connectivity index (χ4v) is 2.46. The lowest BCUT2D eigenvalue weighted by Crippen LogP contribution is -1.82. The largest absolute Gasteiger partial charge is 0.497 e. The highest BCUT2D eigenvalue weighted by molar-refractivity contribution is 5.52. The maximum absolute atomic E-state index is 5.16. The fraction of sp³-hybridized carbons (Fsp3) is 0.222. The number of rotatable bonds is 4. The van der Waals surface area contributed by atoms with Gasteiger partial charge >= 0.3 is 0 Å². The molecular formula is C18H18O. The molecule has 0 spiro atoms. The van der Waals surface area contributed by atoms with E-state index < -0.39 is 0 Å². The first-order chi connectivity index (χ1) is 9.36. The second-order valence-electron chi connectivity index (χ2n) is 5.05. The Morgan fingerprint density at radius 2 is 1.74 bits per heavy atom. The molecule has 0 saturated heterocycles. The Morgan fingerprint density at radius 1 is 1.00 bits per heavy atom.